The lowest BCUT2D eigenvalue weighted by Crippen LogP contribution is -2.27. The first-order valence-corrected chi connectivity index (χ1v) is 6.74. The molecule has 1 aromatic heterocycles. The molecule has 1 unspecified atom stereocenters. The van der Waals surface area contributed by atoms with Gasteiger partial charge in [0.15, 0.2) is 0 Å². The van der Waals surface area contributed by atoms with Crippen LogP contribution in [0.25, 0.3) is 0 Å². The van der Waals surface area contributed by atoms with Gasteiger partial charge in [0.1, 0.15) is 5.60 Å². The van der Waals surface area contributed by atoms with Gasteiger partial charge < -0.3 is 5.11 Å². The molecule has 1 N–H and O–H groups in total. The van der Waals surface area contributed by atoms with Crippen molar-refractivity contribution in [2.75, 3.05) is 0 Å². The molecule has 2 rings (SSSR count). The second-order valence-corrected chi connectivity index (χ2v) is 5.27. The van der Waals surface area contributed by atoms with E-state index in [9.17, 15) is 5.11 Å². The largest absolute Gasteiger partial charge is 0.379 e. The maximum absolute atomic E-state index is 10.8. The lowest BCUT2D eigenvalue weighted by molar-refractivity contribution is 0.0910. The Morgan fingerprint density at radius 2 is 2.05 bits per heavy atom. The van der Waals surface area contributed by atoms with Crippen molar-refractivity contribution >= 4 is 15.9 Å². The molecule has 0 bridgehead atoms. The molecule has 0 saturated carbocycles. The molecule has 0 aliphatic carbocycles. The van der Waals surface area contributed by atoms with Crippen molar-refractivity contribution in [2.45, 2.75) is 26.0 Å². The second kappa shape index (κ2) is 5.16. The molecule has 0 saturated heterocycles. The predicted octanol–water partition coefficient (Wildman–Crippen LogP) is 2.79. The number of rotatable bonds is 3. The van der Waals surface area contributed by atoms with Crippen molar-refractivity contribution in [3.63, 3.8) is 0 Å². The first-order chi connectivity index (χ1) is 9.00. The van der Waals surface area contributed by atoms with Gasteiger partial charge in [-0.15, -0.1) is 0 Å². The zero-order chi connectivity index (χ0) is 14.0. The Labute approximate surface area is 120 Å². The number of aliphatic hydroxyl groups is 1. The van der Waals surface area contributed by atoms with Crippen molar-refractivity contribution in [3.05, 3.63) is 51.8 Å². The fraction of sp³-hybridized carbons (Fsp3) is 0.286. The van der Waals surface area contributed by atoms with Crippen molar-refractivity contribution in [1.82, 2.24) is 9.78 Å². The van der Waals surface area contributed by atoms with Crippen LogP contribution in [0.15, 0.2) is 34.9 Å². The summed E-state index contributed by atoms with van der Waals surface area (Å²) in [6.45, 7) is 4.37. The first kappa shape index (κ1) is 13.8. The molecular weight excluding hydrogens is 306 g/mol. The zero-order valence-corrected chi connectivity index (χ0v) is 12.3. The predicted molar refractivity (Wildman–Crippen MR) is 75.4 cm³/mol. The quantitative estimate of drug-likeness (QED) is 0.946. The number of halogens is 1. The van der Waals surface area contributed by atoms with Gasteiger partial charge in [0.2, 0.25) is 0 Å². The maximum atomic E-state index is 10.8. The summed E-state index contributed by atoms with van der Waals surface area (Å²) in [4.78, 5) is 0. The summed E-state index contributed by atoms with van der Waals surface area (Å²) in [5.74, 6) is 0. The van der Waals surface area contributed by atoms with Crippen LogP contribution >= 0.6 is 15.9 Å². The van der Waals surface area contributed by atoms with Crippen molar-refractivity contribution in [3.8, 4) is 6.07 Å². The molecule has 0 aliphatic rings. The van der Waals surface area contributed by atoms with E-state index >= 15 is 0 Å². The van der Waals surface area contributed by atoms with E-state index in [4.69, 9.17) is 5.26 Å². The van der Waals surface area contributed by atoms with Gasteiger partial charge in [0.05, 0.1) is 28.0 Å². The number of nitriles is 1. The van der Waals surface area contributed by atoms with Crippen LogP contribution in [0, 0.1) is 11.3 Å². The standard InChI is InChI=1S/C14H14BrN3O/c1-3-18-13(12(15)9-17-18)14(2,19)11-6-4-10(8-16)5-7-11/h4-7,9,19H,3H2,1-2H3. The summed E-state index contributed by atoms with van der Waals surface area (Å²) in [5.41, 5.74) is 0.837. The van der Waals surface area contributed by atoms with Gasteiger partial charge in [0.25, 0.3) is 0 Å². The van der Waals surface area contributed by atoms with Crippen LogP contribution in [-0.4, -0.2) is 14.9 Å². The molecule has 1 heterocycles. The average Bonchev–Trinajstić information content (AvgIpc) is 2.80. The van der Waals surface area contributed by atoms with Gasteiger partial charge in [-0.1, -0.05) is 12.1 Å². The number of hydrogen-bond donors (Lipinski definition) is 1. The Morgan fingerprint density at radius 3 is 2.58 bits per heavy atom. The normalized spacial score (nSPS) is 13.8. The van der Waals surface area contributed by atoms with Crippen molar-refractivity contribution in [2.24, 2.45) is 0 Å². The van der Waals surface area contributed by atoms with Crippen molar-refractivity contribution < 1.29 is 5.11 Å². The van der Waals surface area contributed by atoms with E-state index in [0.717, 1.165) is 10.0 Å². The summed E-state index contributed by atoms with van der Waals surface area (Å²) >= 11 is 3.42. The smallest absolute Gasteiger partial charge is 0.129 e. The van der Waals surface area contributed by atoms with Crippen LogP contribution in [0.3, 0.4) is 0 Å². The minimum absolute atomic E-state index is 0.572. The van der Waals surface area contributed by atoms with Crippen LogP contribution in [0.5, 0.6) is 0 Å². The van der Waals surface area contributed by atoms with Crippen LogP contribution in [-0.2, 0) is 12.1 Å². The second-order valence-electron chi connectivity index (χ2n) is 4.42. The molecule has 0 aliphatic heterocycles. The summed E-state index contributed by atoms with van der Waals surface area (Å²) in [6.07, 6.45) is 1.68. The molecule has 0 radical (unpaired) electrons. The molecule has 0 spiro atoms. The third-order valence-electron chi connectivity index (χ3n) is 3.13. The third-order valence-corrected chi connectivity index (χ3v) is 3.71. The van der Waals surface area contributed by atoms with Gasteiger partial charge in [-0.2, -0.15) is 10.4 Å². The van der Waals surface area contributed by atoms with Gasteiger partial charge in [-0.3, -0.25) is 4.68 Å². The fourth-order valence-corrected chi connectivity index (χ4v) is 2.77. The monoisotopic (exact) mass is 319 g/mol. The Kier molecular flexibility index (Phi) is 3.74. The van der Waals surface area contributed by atoms with Crippen LogP contribution in [0.4, 0.5) is 0 Å². The third kappa shape index (κ3) is 2.42. The molecular formula is C14H14BrN3O. The molecule has 1 atom stereocenters. The van der Waals surface area contributed by atoms with E-state index in [2.05, 4.69) is 27.1 Å². The van der Waals surface area contributed by atoms with Crippen LogP contribution in [0.2, 0.25) is 0 Å². The Morgan fingerprint density at radius 1 is 1.42 bits per heavy atom. The van der Waals surface area contributed by atoms with Gasteiger partial charge >= 0.3 is 0 Å². The SMILES string of the molecule is CCn1ncc(Br)c1C(C)(O)c1ccc(C#N)cc1. The molecule has 0 amide bonds. The van der Waals surface area contributed by atoms with E-state index in [-0.39, 0.29) is 0 Å². The highest BCUT2D eigenvalue weighted by Gasteiger charge is 2.31. The molecule has 98 valence electrons. The highest BCUT2D eigenvalue weighted by Crippen LogP contribution is 2.34. The molecule has 0 fully saturated rings. The average molecular weight is 320 g/mol. The molecule has 2 aromatic rings. The zero-order valence-electron chi connectivity index (χ0n) is 10.8. The lowest BCUT2D eigenvalue weighted by Gasteiger charge is -2.25. The Bertz CT molecular complexity index is 623. The first-order valence-electron chi connectivity index (χ1n) is 5.95. The van der Waals surface area contributed by atoms with E-state index in [1.165, 1.54) is 0 Å². The topological polar surface area (TPSA) is 61.8 Å². The Balaban J connectivity index is 2.51. The van der Waals surface area contributed by atoms with Crippen molar-refractivity contribution in [1.29, 1.82) is 5.26 Å². The summed E-state index contributed by atoms with van der Waals surface area (Å²) in [5, 5.41) is 23.9. The summed E-state index contributed by atoms with van der Waals surface area (Å²) in [7, 11) is 0. The number of aromatic nitrogens is 2. The maximum Gasteiger partial charge on any atom is 0.129 e. The molecule has 19 heavy (non-hydrogen) atoms. The molecule has 1 aromatic carbocycles. The summed E-state index contributed by atoms with van der Waals surface area (Å²) < 4.78 is 2.52. The van der Waals surface area contributed by atoms with Gasteiger partial charge in [-0.25, -0.2) is 0 Å². The van der Waals surface area contributed by atoms with Crippen LogP contribution < -0.4 is 0 Å². The number of benzene rings is 1. The molecule has 4 nitrogen and oxygen atoms in total. The number of aryl methyl sites for hydroxylation is 1. The van der Waals surface area contributed by atoms with E-state index in [1.54, 1.807) is 42.1 Å². The Hall–Kier alpha value is -1.64. The van der Waals surface area contributed by atoms with E-state index in [1.807, 2.05) is 6.92 Å². The number of nitrogens with zero attached hydrogens (tertiary/aromatic N) is 3. The minimum Gasteiger partial charge on any atom is -0.379 e. The summed E-state index contributed by atoms with van der Waals surface area (Å²) in [6, 6.07) is 8.99. The molecule has 5 heteroatoms. The lowest BCUT2D eigenvalue weighted by atomic mass is 9.92. The van der Waals surface area contributed by atoms with Gasteiger partial charge in [-0.05, 0) is 47.5 Å². The number of hydrogen-bond acceptors (Lipinski definition) is 3. The highest BCUT2D eigenvalue weighted by molar-refractivity contribution is 9.10. The van der Waals surface area contributed by atoms with Crippen LogP contribution in [0.1, 0.15) is 30.7 Å². The van der Waals surface area contributed by atoms with Gasteiger partial charge in [0, 0.05) is 6.54 Å². The van der Waals surface area contributed by atoms with E-state index < -0.39 is 5.60 Å². The van der Waals surface area contributed by atoms with E-state index in [0.29, 0.717) is 17.8 Å². The highest BCUT2D eigenvalue weighted by atomic mass is 79.9. The fourth-order valence-electron chi connectivity index (χ4n) is 2.09. The minimum atomic E-state index is -1.17.